The lowest BCUT2D eigenvalue weighted by atomic mass is 10.2. The Morgan fingerprint density at radius 1 is 1.25 bits per heavy atom. The van der Waals surface area contributed by atoms with Gasteiger partial charge in [-0.2, -0.15) is 5.10 Å². The molecule has 0 saturated heterocycles. The summed E-state index contributed by atoms with van der Waals surface area (Å²) in [5.74, 6) is 0. The lowest BCUT2D eigenvalue weighted by Gasteiger charge is -1.99. The van der Waals surface area contributed by atoms with Crippen LogP contribution in [0.4, 0.5) is 0 Å². The number of thiazole rings is 1. The van der Waals surface area contributed by atoms with Crippen LogP contribution in [0.25, 0.3) is 15.4 Å². The number of halogens is 1. The summed E-state index contributed by atoms with van der Waals surface area (Å²) in [6, 6.07) is 8.29. The number of aryl methyl sites for hydroxylation is 1. The summed E-state index contributed by atoms with van der Waals surface area (Å²) in [6.45, 7) is 2.07. The van der Waals surface area contributed by atoms with Crippen LogP contribution in [-0.4, -0.2) is 14.6 Å². The Balaban J connectivity index is 2.21. The lowest BCUT2D eigenvalue weighted by Crippen LogP contribution is -1.87. The molecule has 0 N–H and O–H groups in total. The van der Waals surface area contributed by atoms with Crippen molar-refractivity contribution < 1.29 is 0 Å². The molecule has 3 nitrogen and oxygen atoms in total. The Hall–Kier alpha value is -1.20. The summed E-state index contributed by atoms with van der Waals surface area (Å²) in [5.41, 5.74) is 2.35. The second-order valence-corrected chi connectivity index (χ2v) is 5.37. The minimum Gasteiger partial charge on any atom is -0.208 e. The fraction of sp³-hybridized carbons (Fsp3) is 0.0909. The van der Waals surface area contributed by atoms with Crippen molar-refractivity contribution in [2.45, 2.75) is 6.92 Å². The van der Waals surface area contributed by atoms with Crippen LogP contribution in [0, 0.1) is 6.92 Å². The molecule has 0 spiro atoms. The summed E-state index contributed by atoms with van der Waals surface area (Å²) in [7, 11) is 0. The molecule has 3 rings (SSSR count). The smallest absolute Gasteiger partial charge is 0.208 e. The molecule has 0 radical (unpaired) electrons. The monoisotopic (exact) mass is 293 g/mol. The Morgan fingerprint density at radius 3 is 2.69 bits per heavy atom. The van der Waals surface area contributed by atoms with Gasteiger partial charge in [0.2, 0.25) is 4.96 Å². The van der Waals surface area contributed by atoms with Crippen LogP contribution >= 0.6 is 27.3 Å². The Labute approximate surface area is 105 Å². The van der Waals surface area contributed by atoms with Crippen molar-refractivity contribution in [3.05, 3.63) is 40.8 Å². The normalized spacial score (nSPS) is 11.1. The Kier molecular flexibility index (Phi) is 2.29. The average Bonchev–Trinajstić information content (AvgIpc) is 2.84. The third kappa shape index (κ3) is 1.47. The van der Waals surface area contributed by atoms with Crippen LogP contribution < -0.4 is 0 Å². The predicted octanol–water partition coefficient (Wildman–Crippen LogP) is 3.53. The van der Waals surface area contributed by atoms with Gasteiger partial charge in [-0.15, -0.1) is 0 Å². The van der Waals surface area contributed by atoms with Crippen LogP contribution in [0.2, 0.25) is 0 Å². The first-order valence-electron chi connectivity index (χ1n) is 4.81. The van der Waals surface area contributed by atoms with Crippen LogP contribution in [-0.2, 0) is 0 Å². The van der Waals surface area contributed by atoms with Crippen molar-refractivity contribution in [2.24, 2.45) is 0 Å². The molecule has 3 aromatic rings. The van der Waals surface area contributed by atoms with Gasteiger partial charge < -0.3 is 0 Å². The van der Waals surface area contributed by atoms with Crippen LogP contribution in [0.15, 0.2) is 35.1 Å². The second-order valence-electron chi connectivity index (χ2n) is 3.48. The maximum atomic E-state index is 4.20. The molecular weight excluding hydrogens is 286 g/mol. The number of fused-ring (bicyclic) bond motifs is 1. The molecular formula is C11H8BrN3S. The number of benzene rings is 1. The highest BCUT2D eigenvalue weighted by Crippen LogP contribution is 2.31. The number of hydrogen-bond acceptors (Lipinski definition) is 3. The summed E-state index contributed by atoms with van der Waals surface area (Å²) in [6.07, 6.45) is 1.59. The molecule has 0 aliphatic heterocycles. The highest BCUT2D eigenvalue weighted by atomic mass is 79.9. The summed E-state index contributed by atoms with van der Waals surface area (Å²) in [4.78, 5) is 6.37. The van der Waals surface area contributed by atoms with Crippen LogP contribution in [0.5, 0.6) is 0 Å². The fourth-order valence-electron chi connectivity index (χ4n) is 1.66. The van der Waals surface area contributed by atoms with Crippen molar-refractivity contribution in [3.8, 4) is 10.4 Å². The molecule has 2 aromatic heterocycles. The first-order valence-corrected chi connectivity index (χ1v) is 6.42. The zero-order valence-corrected chi connectivity index (χ0v) is 10.9. The molecule has 0 bridgehead atoms. The highest BCUT2D eigenvalue weighted by molar-refractivity contribution is 9.10. The first-order chi connectivity index (χ1) is 7.75. The van der Waals surface area contributed by atoms with E-state index in [0.717, 1.165) is 15.1 Å². The maximum absolute atomic E-state index is 4.20. The first kappa shape index (κ1) is 9.99. The Morgan fingerprint density at radius 2 is 2.00 bits per heavy atom. The summed E-state index contributed by atoms with van der Waals surface area (Å²) >= 11 is 5.10. The molecule has 1 aromatic carbocycles. The molecule has 0 fully saturated rings. The molecule has 0 atom stereocenters. The minimum atomic E-state index is 0.940. The second kappa shape index (κ2) is 3.68. The van der Waals surface area contributed by atoms with Gasteiger partial charge in [-0.25, -0.2) is 9.50 Å². The van der Waals surface area contributed by atoms with E-state index in [1.54, 1.807) is 17.7 Å². The molecule has 5 heteroatoms. The molecule has 16 heavy (non-hydrogen) atoms. The van der Waals surface area contributed by atoms with E-state index in [9.17, 15) is 0 Å². The van der Waals surface area contributed by atoms with Crippen molar-refractivity contribution in [1.29, 1.82) is 0 Å². The molecule has 0 saturated carbocycles. The van der Waals surface area contributed by atoms with Crippen molar-refractivity contribution in [1.82, 2.24) is 14.6 Å². The molecule has 2 heterocycles. The van der Waals surface area contributed by atoms with Gasteiger partial charge in [0.1, 0.15) is 6.33 Å². The van der Waals surface area contributed by atoms with E-state index in [1.807, 2.05) is 16.6 Å². The van der Waals surface area contributed by atoms with E-state index in [1.165, 1.54) is 10.4 Å². The molecule has 0 unspecified atom stereocenters. The minimum absolute atomic E-state index is 0.940. The zero-order valence-electron chi connectivity index (χ0n) is 8.51. The van der Waals surface area contributed by atoms with Gasteiger partial charge in [0, 0.05) is 4.47 Å². The molecule has 80 valence electrons. The number of hydrogen-bond donors (Lipinski definition) is 0. The lowest BCUT2D eigenvalue weighted by molar-refractivity contribution is 0.933. The van der Waals surface area contributed by atoms with Crippen LogP contribution in [0.1, 0.15) is 5.69 Å². The van der Waals surface area contributed by atoms with Gasteiger partial charge in [0.15, 0.2) is 0 Å². The van der Waals surface area contributed by atoms with E-state index in [4.69, 9.17) is 0 Å². The van der Waals surface area contributed by atoms with Crippen LogP contribution in [0.3, 0.4) is 0 Å². The highest BCUT2D eigenvalue weighted by Gasteiger charge is 2.11. The standard InChI is InChI=1S/C11H8BrN3S/c1-7-10(8-2-4-9(12)5-3-8)16-11-13-6-14-15(7)11/h2-6H,1H3. The zero-order chi connectivity index (χ0) is 11.1. The van der Waals surface area contributed by atoms with E-state index in [0.29, 0.717) is 0 Å². The van der Waals surface area contributed by atoms with E-state index < -0.39 is 0 Å². The molecule has 0 aliphatic rings. The van der Waals surface area contributed by atoms with E-state index in [2.05, 4.69) is 45.1 Å². The largest absolute Gasteiger partial charge is 0.212 e. The summed E-state index contributed by atoms with van der Waals surface area (Å²) in [5, 5.41) is 4.19. The van der Waals surface area contributed by atoms with E-state index >= 15 is 0 Å². The third-order valence-electron chi connectivity index (χ3n) is 2.46. The van der Waals surface area contributed by atoms with Gasteiger partial charge in [-0.1, -0.05) is 39.4 Å². The van der Waals surface area contributed by atoms with Gasteiger partial charge in [0.05, 0.1) is 10.6 Å². The van der Waals surface area contributed by atoms with Crippen molar-refractivity contribution in [3.63, 3.8) is 0 Å². The van der Waals surface area contributed by atoms with Gasteiger partial charge in [-0.3, -0.25) is 0 Å². The number of aromatic nitrogens is 3. The number of rotatable bonds is 1. The Bertz CT molecular complexity index is 639. The quantitative estimate of drug-likeness (QED) is 0.687. The average molecular weight is 294 g/mol. The molecule has 0 amide bonds. The fourth-order valence-corrected chi connectivity index (χ4v) is 2.97. The van der Waals surface area contributed by atoms with E-state index in [-0.39, 0.29) is 0 Å². The number of nitrogens with zero attached hydrogens (tertiary/aromatic N) is 3. The maximum Gasteiger partial charge on any atom is 0.212 e. The van der Waals surface area contributed by atoms with Gasteiger partial charge in [-0.05, 0) is 24.6 Å². The molecule has 0 aliphatic carbocycles. The topological polar surface area (TPSA) is 30.2 Å². The SMILES string of the molecule is Cc1c(-c2ccc(Br)cc2)sc2ncnn12. The predicted molar refractivity (Wildman–Crippen MR) is 68.7 cm³/mol. The van der Waals surface area contributed by atoms with Gasteiger partial charge in [0.25, 0.3) is 0 Å². The van der Waals surface area contributed by atoms with Crippen molar-refractivity contribution in [2.75, 3.05) is 0 Å². The third-order valence-corrected chi connectivity index (χ3v) is 4.19. The van der Waals surface area contributed by atoms with Gasteiger partial charge >= 0.3 is 0 Å². The summed E-state index contributed by atoms with van der Waals surface area (Å²) < 4.78 is 2.97. The van der Waals surface area contributed by atoms with Crippen molar-refractivity contribution >= 4 is 32.2 Å².